The van der Waals surface area contributed by atoms with Crippen LogP contribution in [-0.2, 0) is 11.2 Å². The molecule has 0 aromatic heterocycles. The highest BCUT2D eigenvalue weighted by molar-refractivity contribution is 14.1. The van der Waals surface area contributed by atoms with Crippen molar-refractivity contribution in [3.05, 3.63) is 33.4 Å². The maximum Gasteiger partial charge on any atom is 0.0510 e. The van der Waals surface area contributed by atoms with Gasteiger partial charge >= 0.3 is 0 Å². The number of hydrogen-bond donors (Lipinski definition) is 2. The maximum absolute atomic E-state index is 5.62. The molecular formula is C12H17IN2O. The molecule has 2 atom stereocenters. The van der Waals surface area contributed by atoms with Crippen LogP contribution in [0, 0.1) is 9.49 Å². The Labute approximate surface area is 110 Å². The molecule has 0 bridgehead atoms. The Bertz CT molecular complexity index is 322. The van der Waals surface area contributed by atoms with E-state index in [0.717, 1.165) is 26.1 Å². The van der Waals surface area contributed by atoms with E-state index in [0.29, 0.717) is 12.0 Å². The summed E-state index contributed by atoms with van der Waals surface area (Å²) >= 11 is 2.32. The number of nitrogens with two attached hydrogens (primary N) is 1. The van der Waals surface area contributed by atoms with E-state index in [-0.39, 0.29) is 0 Å². The number of ether oxygens (including phenoxy) is 1. The lowest BCUT2D eigenvalue weighted by Crippen LogP contribution is -2.42. The van der Waals surface area contributed by atoms with Crippen molar-refractivity contribution in [2.45, 2.75) is 18.9 Å². The van der Waals surface area contributed by atoms with Crippen LogP contribution in [-0.4, -0.2) is 19.3 Å². The van der Waals surface area contributed by atoms with Gasteiger partial charge in [0.1, 0.15) is 0 Å². The number of hydrazine groups is 1. The lowest BCUT2D eigenvalue weighted by Gasteiger charge is -2.21. The average Bonchev–Trinajstić information content (AvgIpc) is 2.82. The van der Waals surface area contributed by atoms with E-state index in [1.807, 2.05) is 0 Å². The summed E-state index contributed by atoms with van der Waals surface area (Å²) in [6.45, 7) is 1.70. The first kappa shape index (κ1) is 12.3. The Kier molecular flexibility index (Phi) is 4.57. The Morgan fingerprint density at radius 3 is 2.75 bits per heavy atom. The monoisotopic (exact) mass is 332 g/mol. The fourth-order valence-electron chi connectivity index (χ4n) is 2.11. The Hall–Kier alpha value is -0.170. The van der Waals surface area contributed by atoms with Crippen molar-refractivity contribution in [1.29, 1.82) is 0 Å². The molecule has 4 heteroatoms. The van der Waals surface area contributed by atoms with E-state index in [2.05, 4.69) is 52.3 Å². The largest absolute Gasteiger partial charge is 0.381 e. The third kappa shape index (κ3) is 3.16. The summed E-state index contributed by atoms with van der Waals surface area (Å²) in [5, 5.41) is 0. The van der Waals surface area contributed by atoms with Gasteiger partial charge in [0, 0.05) is 22.1 Å². The van der Waals surface area contributed by atoms with E-state index < -0.39 is 0 Å². The lowest BCUT2D eigenvalue weighted by molar-refractivity contribution is 0.176. The number of benzene rings is 1. The van der Waals surface area contributed by atoms with Gasteiger partial charge in [0.05, 0.1) is 6.61 Å². The number of halogens is 1. The van der Waals surface area contributed by atoms with Gasteiger partial charge in [-0.3, -0.25) is 11.3 Å². The van der Waals surface area contributed by atoms with Crippen molar-refractivity contribution in [2.24, 2.45) is 11.8 Å². The Balaban J connectivity index is 1.97. The third-order valence-corrected chi connectivity index (χ3v) is 3.84. The van der Waals surface area contributed by atoms with Crippen LogP contribution in [0.5, 0.6) is 0 Å². The second kappa shape index (κ2) is 5.95. The summed E-state index contributed by atoms with van der Waals surface area (Å²) in [6.07, 6.45) is 2.08. The molecule has 0 saturated carbocycles. The second-order valence-electron chi connectivity index (χ2n) is 4.23. The molecule has 1 fully saturated rings. The molecule has 2 unspecified atom stereocenters. The van der Waals surface area contributed by atoms with Crippen molar-refractivity contribution in [3.63, 3.8) is 0 Å². The highest BCUT2D eigenvalue weighted by atomic mass is 127. The molecule has 1 aromatic carbocycles. The van der Waals surface area contributed by atoms with Crippen LogP contribution in [0.15, 0.2) is 24.3 Å². The van der Waals surface area contributed by atoms with E-state index in [4.69, 9.17) is 10.6 Å². The zero-order valence-corrected chi connectivity index (χ0v) is 11.3. The first-order valence-electron chi connectivity index (χ1n) is 5.58. The number of hydrogen-bond acceptors (Lipinski definition) is 3. The first-order valence-corrected chi connectivity index (χ1v) is 6.66. The minimum Gasteiger partial charge on any atom is -0.381 e. The zero-order valence-electron chi connectivity index (χ0n) is 9.16. The second-order valence-corrected chi connectivity index (χ2v) is 5.47. The van der Waals surface area contributed by atoms with Crippen molar-refractivity contribution < 1.29 is 4.74 Å². The van der Waals surface area contributed by atoms with E-state index in [9.17, 15) is 0 Å². The van der Waals surface area contributed by atoms with E-state index in [1.165, 1.54) is 9.13 Å². The molecule has 1 heterocycles. The van der Waals surface area contributed by atoms with Gasteiger partial charge < -0.3 is 4.74 Å². The summed E-state index contributed by atoms with van der Waals surface area (Å²) in [6, 6.07) is 8.93. The normalized spacial score (nSPS) is 22.2. The van der Waals surface area contributed by atoms with Gasteiger partial charge in [-0.25, -0.2) is 0 Å². The molecule has 0 radical (unpaired) electrons. The van der Waals surface area contributed by atoms with E-state index in [1.54, 1.807) is 0 Å². The van der Waals surface area contributed by atoms with Gasteiger partial charge in [0.25, 0.3) is 0 Å². The first-order chi connectivity index (χ1) is 7.79. The summed E-state index contributed by atoms with van der Waals surface area (Å²) in [4.78, 5) is 0. The van der Waals surface area contributed by atoms with Crippen LogP contribution in [0.4, 0.5) is 0 Å². The molecule has 3 nitrogen and oxygen atoms in total. The van der Waals surface area contributed by atoms with Gasteiger partial charge in [-0.15, -0.1) is 0 Å². The quantitative estimate of drug-likeness (QED) is 0.501. The molecule has 0 amide bonds. The van der Waals surface area contributed by atoms with Crippen LogP contribution in [0.1, 0.15) is 12.0 Å². The topological polar surface area (TPSA) is 47.3 Å². The molecule has 88 valence electrons. The lowest BCUT2D eigenvalue weighted by atomic mass is 9.93. The van der Waals surface area contributed by atoms with Crippen molar-refractivity contribution in [3.8, 4) is 0 Å². The highest BCUT2D eigenvalue weighted by Crippen LogP contribution is 2.19. The SMILES string of the molecule is NNC(Cc1ccc(I)cc1)C1CCOC1. The number of nitrogens with one attached hydrogen (secondary N) is 1. The number of rotatable bonds is 4. The molecular weight excluding hydrogens is 315 g/mol. The summed E-state index contributed by atoms with van der Waals surface area (Å²) in [5.74, 6) is 6.17. The third-order valence-electron chi connectivity index (χ3n) is 3.12. The van der Waals surface area contributed by atoms with Crippen LogP contribution < -0.4 is 11.3 Å². The molecule has 2 rings (SSSR count). The summed E-state index contributed by atoms with van der Waals surface area (Å²) in [7, 11) is 0. The smallest absolute Gasteiger partial charge is 0.0510 e. The minimum absolute atomic E-state index is 0.322. The Morgan fingerprint density at radius 2 is 2.19 bits per heavy atom. The average molecular weight is 332 g/mol. The molecule has 0 spiro atoms. The zero-order chi connectivity index (χ0) is 11.4. The maximum atomic E-state index is 5.62. The molecule has 0 aliphatic carbocycles. The van der Waals surface area contributed by atoms with Gasteiger partial charge in [0.2, 0.25) is 0 Å². The minimum atomic E-state index is 0.322. The van der Waals surface area contributed by atoms with Gasteiger partial charge in [-0.05, 0) is 53.1 Å². The highest BCUT2D eigenvalue weighted by Gasteiger charge is 2.24. The molecule has 1 aliphatic rings. The van der Waals surface area contributed by atoms with Gasteiger partial charge in [-0.1, -0.05) is 12.1 Å². The summed E-state index contributed by atoms with van der Waals surface area (Å²) in [5.41, 5.74) is 4.25. The fraction of sp³-hybridized carbons (Fsp3) is 0.500. The predicted octanol–water partition coefficient (Wildman–Crippen LogP) is 1.70. The fourth-order valence-corrected chi connectivity index (χ4v) is 2.47. The molecule has 1 saturated heterocycles. The Morgan fingerprint density at radius 1 is 1.44 bits per heavy atom. The van der Waals surface area contributed by atoms with Crippen LogP contribution in [0.25, 0.3) is 0 Å². The molecule has 1 aliphatic heterocycles. The van der Waals surface area contributed by atoms with E-state index >= 15 is 0 Å². The van der Waals surface area contributed by atoms with Crippen LogP contribution in [0.3, 0.4) is 0 Å². The van der Waals surface area contributed by atoms with Crippen molar-refractivity contribution in [2.75, 3.05) is 13.2 Å². The van der Waals surface area contributed by atoms with Gasteiger partial charge in [-0.2, -0.15) is 0 Å². The predicted molar refractivity (Wildman–Crippen MR) is 72.9 cm³/mol. The van der Waals surface area contributed by atoms with Gasteiger partial charge in [0.15, 0.2) is 0 Å². The van der Waals surface area contributed by atoms with Crippen molar-refractivity contribution in [1.82, 2.24) is 5.43 Å². The summed E-state index contributed by atoms with van der Waals surface area (Å²) < 4.78 is 6.67. The molecule has 1 aromatic rings. The standard InChI is InChI=1S/C12H17IN2O/c13-11-3-1-9(2-4-11)7-12(15-14)10-5-6-16-8-10/h1-4,10,12,15H,5-8,14H2. The molecule has 16 heavy (non-hydrogen) atoms. The molecule has 3 N–H and O–H groups in total. The van der Waals surface area contributed by atoms with Crippen molar-refractivity contribution >= 4 is 22.6 Å². The van der Waals surface area contributed by atoms with Crippen LogP contribution >= 0.6 is 22.6 Å². The van der Waals surface area contributed by atoms with Crippen LogP contribution in [0.2, 0.25) is 0 Å².